The van der Waals surface area contributed by atoms with E-state index in [1.54, 1.807) is 6.20 Å². The van der Waals surface area contributed by atoms with Crippen molar-refractivity contribution in [1.29, 1.82) is 0 Å². The van der Waals surface area contributed by atoms with Gasteiger partial charge in [-0.3, -0.25) is 14.5 Å². The SMILES string of the molecule is COC(=O)C1CC(=O)N(c2ncncc2Br)C1. The summed E-state index contributed by atoms with van der Waals surface area (Å²) < 4.78 is 5.26. The molecule has 1 aliphatic heterocycles. The van der Waals surface area contributed by atoms with E-state index in [-0.39, 0.29) is 18.3 Å². The van der Waals surface area contributed by atoms with Crippen molar-refractivity contribution in [3.8, 4) is 0 Å². The topological polar surface area (TPSA) is 72.4 Å². The van der Waals surface area contributed by atoms with Crippen molar-refractivity contribution in [1.82, 2.24) is 9.97 Å². The summed E-state index contributed by atoms with van der Waals surface area (Å²) in [5, 5.41) is 0. The van der Waals surface area contributed by atoms with Crippen LogP contribution in [0.3, 0.4) is 0 Å². The molecule has 0 aromatic carbocycles. The van der Waals surface area contributed by atoms with Crippen LogP contribution in [-0.4, -0.2) is 35.5 Å². The van der Waals surface area contributed by atoms with E-state index < -0.39 is 5.92 Å². The summed E-state index contributed by atoms with van der Waals surface area (Å²) in [7, 11) is 1.32. The average molecular weight is 300 g/mol. The van der Waals surface area contributed by atoms with Crippen molar-refractivity contribution >= 4 is 33.6 Å². The number of nitrogens with zero attached hydrogens (tertiary/aromatic N) is 3. The molecule has 90 valence electrons. The normalized spacial score (nSPS) is 19.5. The van der Waals surface area contributed by atoms with Gasteiger partial charge in [-0.25, -0.2) is 9.97 Å². The van der Waals surface area contributed by atoms with Gasteiger partial charge in [-0.2, -0.15) is 0 Å². The molecule has 6 nitrogen and oxygen atoms in total. The van der Waals surface area contributed by atoms with Crippen LogP contribution in [0.15, 0.2) is 17.0 Å². The number of anilines is 1. The van der Waals surface area contributed by atoms with Crippen LogP contribution in [0.25, 0.3) is 0 Å². The third kappa shape index (κ3) is 2.28. The molecule has 2 heterocycles. The number of hydrogen-bond donors (Lipinski definition) is 0. The number of hydrogen-bond acceptors (Lipinski definition) is 5. The highest BCUT2D eigenvalue weighted by atomic mass is 79.9. The number of methoxy groups -OCH3 is 1. The van der Waals surface area contributed by atoms with E-state index in [1.807, 2.05) is 0 Å². The smallest absolute Gasteiger partial charge is 0.311 e. The van der Waals surface area contributed by atoms with Gasteiger partial charge in [0, 0.05) is 19.2 Å². The van der Waals surface area contributed by atoms with E-state index in [0.717, 1.165) is 0 Å². The second-order valence-electron chi connectivity index (χ2n) is 3.62. The van der Waals surface area contributed by atoms with E-state index in [2.05, 4.69) is 30.6 Å². The van der Waals surface area contributed by atoms with Gasteiger partial charge in [0.2, 0.25) is 5.91 Å². The van der Waals surface area contributed by atoms with E-state index in [9.17, 15) is 9.59 Å². The Labute approximate surface area is 106 Å². The Balaban J connectivity index is 2.22. The minimum absolute atomic E-state index is 0.139. The van der Waals surface area contributed by atoms with E-state index in [4.69, 9.17) is 0 Å². The maximum atomic E-state index is 11.8. The summed E-state index contributed by atoms with van der Waals surface area (Å²) in [5.74, 6) is -0.448. The van der Waals surface area contributed by atoms with Crippen LogP contribution in [0.4, 0.5) is 5.82 Å². The third-order valence-corrected chi connectivity index (χ3v) is 3.12. The molecule has 1 unspecified atom stereocenters. The fourth-order valence-corrected chi connectivity index (χ4v) is 2.18. The molecule has 0 spiro atoms. The van der Waals surface area contributed by atoms with Gasteiger partial charge in [-0.05, 0) is 15.9 Å². The van der Waals surface area contributed by atoms with Crippen LogP contribution >= 0.6 is 15.9 Å². The molecule has 0 radical (unpaired) electrons. The Hall–Kier alpha value is -1.50. The number of amides is 1. The minimum Gasteiger partial charge on any atom is -0.469 e. The van der Waals surface area contributed by atoms with Crippen LogP contribution in [0.1, 0.15) is 6.42 Å². The first-order chi connectivity index (χ1) is 8.13. The maximum absolute atomic E-state index is 11.8. The number of halogens is 1. The fraction of sp³-hybridized carbons (Fsp3) is 0.400. The van der Waals surface area contributed by atoms with E-state index >= 15 is 0 Å². The molecule has 1 amide bonds. The summed E-state index contributed by atoms with van der Waals surface area (Å²) in [5.41, 5.74) is 0. The van der Waals surface area contributed by atoms with Crippen molar-refractivity contribution in [2.75, 3.05) is 18.6 Å². The molecular weight excluding hydrogens is 290 g/mol. The van der Waals surface area contributed by atoms with Crippen molar-refractivity contribution in [3.63, 3.8) is 0 Å². The molecule has 1 atom stereocenters. The van der Waals surface area contributed by atoms with Gasteiger partial charge >= 0.3 is 5.97 Å². The van der Waals surface area contributed by atoms with Crippen LogP contribution in [-0.2, 0) is 14.3 Å². The molecule has 17 heavy (non-hydrogen) atoms. The number of rotatable bonds is 2. The van der Waals surface area contributed by atoms with Crippen molar-refractivity contribution in [2.24, 2.45) is 5.92 Å². The highest BCUT2D eigenvalue weighted by Gasteiger charge is 2.37. The molecule has 0 saturated carbocycles. The van der Waals surface area contributed by atoms with Crippen molar-refractivity contribution in [2.45, 2.75) is 6.42 Å². The van der Waals surface area contributed by atoms with Crippen molar-refractivity contribution < 1.29 is 14.3 Å². The zero-order valence-corrected chi connectivity index (χ0v) is 10.7. The first-order valence-electron chi connectivity index (χ1n) is 4.97. The van der Waals surface area contributed by atoms with Crippen LogP contribution < -0.4 is 4.90 Å². The highest BCUT2D eigenvalue weighted by molar-refractivity contribution is 9.10. The molecule has 1 saturated heterocycles. The summed E-state index contributed by atoms with van der Waals surface area (Å²) in [6, 6.07) is 0. The number of aromatic nitrogens is 2. The zero-order valence-electron chi connectivity index (χ0n) is 9.09. The Bertz CT molecular complexity index is 466. The first kappa shape index (κ1) is 12.0. The number of ether oxygens (including phenoxy) is 1. The summed E-state index contributed by atoms with van der Waals surface area (Å²) in [6.07, 6.45) is 3.07. The molecular formula is C10H10BrN3O3. The monoisotopic (exact) mass is 299 g/mol. The molecule has 2 rings (SSSR count). The predicted molar refractivity (Wildman–Crippen MR) is 62.2 cm³/mol. The highest BCUT2D eigenvalue weighted by Crippen LogP contribution is 2.29. The van der Waals surface area contributed by atoms with Gasteiger partial charge in [0.25, 0.3) is 0 Å². The number of carbonyl (C=O) groups is 2. The Kier molecular flexibility index (Phi) is 3.37. The van der Waals surface area contributed by atoms with Gasteiger partial charge in [-0.15, -0.1) is 0 Å². The van der Waals surface area contributed by atoms with Crippen molar-refractivity contribution in [3.05, 3.63) is 17.0 Å². The molecule has 1 aliphatic rings. The van der Waals surface area contributed by atoms with Gasteiger partial charge in [0.05, 0.1) is 17.5 Å². The Morgan fingerprint density at radius 2 is 2.41 bits per heavy atom. The quantitative estimate of drug-likeness (QED) is 0.754. The maximum Gasteiger partial charge on any atom is 0.311 e. The standard InChI is InChI=1S/C10H10BrN3O3/c1-17-10(16)6-2-8(15)14(4-6)9-7(11)3-12-5-13-9/h3,5-6H,2,4H2,1H3. The number of esters is 1. The molecule has 1 fully saturated rings. The lowest BCUT2D eigenvalue weighted by atomic mass is 10.1. The lowest BCUT2D eigenvalue weighted by Crippen LogP contribution is -2.27. The lowest BCUT2D eigenvalue weighted by molar-refractivity contribution is -0.145. The second kappa shape index (κ2) is 4.79. The van der Waals surface area contributed by atoms with Crippen LogP contribution in [0, 0.1) is 5.92 Å². The minimum atomic E-state index is -0.422. The Morgan fingerprint density at radius 3 is 3.06 bits per heavy atom. The van der Waals surface area contributed by atoms with Gasteiger partial charge in [0.1, 0.15) is 6.33 Å². The van der Waals surface area contributed by atoms with Crippen LogP contribution in [0.5, 0.6) is 0 Å². The molecule has 1 aromatic rings. The van der Waals surface area contributed by atoms with Gasteiger partial charge in [-0.1, -0.05) is 0 Å². The van der Waals surface area contributed by atoms with Gasteiger partial charge in [0.15, 0.2) is 5.82 Å². The zero-order chi connectivity index (χ0) is 12.4. The fourth-order valence-electron chi connectivity index (χ4n) is 1.74. The molecule has 0 N–H and O–H groups in total. The first-order valence-corrected chi connectivity index (χ1v) is 5.76. The lowest BCUT2D eigenvalue weighted by Gasteiger charge is -2.15. The summed E-state index contributed by atoms with van der Waals surface area (Å²) in [4.78, 5) is 32.5. The van der Waals surface area contributed by atoms with Gasteiger partial charge < -0.3 is 4.74 Å². The predicted octanol–water partition coefficient (Wildman–Crippen LogP) is 0.765. The molecule has 1 aromatic heterocycles. The second-order valence-corrected chi connectivity index (χ2v) is 4.48. The molecule has 0 aliphatic carbocycles. The third-order valence-electron chi connectivity index (χ3n) is 2.56. The van der Waals surface area contributed by atoms with Crippen LogP contribution in [0.2, 0.25) is 0 Å². The molecule has 7 heteroatoms. The largest absolute Gasteiger partial charge is 0.469 e. The molecule has 0 bridgehead atoms. The van der Waals surface area contributed by atoms with E-state index in [1.165, 1.54) is 18.3 Å². The Morgan fingerprint density at radius 1 is 1.65 bits per heavy atom. The number of carbonyl (C=O) groups excluding carboxylic acids is 2. The summed E-state index contributed by atoms with van der Waals surface area (Å²) >= 11 is 3.27. The van der Waals surface area contributed by atoms with E-state index in [0.29, 0.717) is 16.8 Å². The average Bonchev–Trinajstić information content (AvgIpc) is 2.71. The summed E-state index contributed by atoms with van der Waals surface area (Å²) in [6.45, 7) is 0.293.